The molecule has 29 heavy (non-hydrogen) atoms. The molecule has 0 spiro atoms. The molecule has 1 aromatic carbocycles. The number of hydrogen-bond acceptors (Lipinski definition) is 5. The van der Waals surface area contributed by atoms with Gasteiger partial charge in [0.15, 0.2) is 5.13 Å². The summed E-state index contributed by atoms with van der Waals surface area (Å²) in [6.07, 6.45) is 7.90. The van der Waals surface area contributed by atoms with Gasteiger partial charge >= 0.3 is 0 Å². The summed E-state index contributed by atoms with van der Waals surface area (Å²) < 4.78 is 5.79. The Morgan fingerprint density at radius 2 is 2.07 bits per heavy atom. The number of pyridine rings is 1. The van der Waals surface area contributed by atoms with E-state index in [4.69, 9.17) is 4.74 Å². The van der Waals surface area contributed by atoms with E-state index in [0.717, 1.165) is 47.8 Å². The Kier molecular flexibility index (Phi) is 5.02. The molecule has 3 aromatic rings. The van der Waals surface area contributed by atoms with E-state index in [2.05, 4.69) is 22.1 Å². The summed E-state index contributed by atoms with van der Waals surface area (Å²) in [5.74, 6) is 1.19. The second-order valence-corrected chi connectivity index (χ2v) is 8.48. The molecule has 2 atom stereocenters. The van der Waals surface area contributed by atoms with Crippen LogP contribution in [0.15, 0.2) is 54.2 Å². The monoisotopic (exact) mass is 405 g/mol. The van der Waals surface area contributed by atoms with E-state index in [9.17, 15) is 4.79 Å². The zero-order valence-corrected chi connectivity index (χ0v) is 17.0. The molecule has 1 aliphatic carbocycles. The highest BCUT2D eigenvalue weighted by Gasteiger charge is 2.35. The van der Waals surface area contributed by atoms with Crippen LogP contribution in [-0.4, -0.2) is 22.5 Å². The predicted molar refractivity (Wildman–Crippen MR) is 113 cm³/mol. The Morgan fingerprint density at radius 3 is 2.97 bits per heavy atom. The summed E-state index contributed by atoms with van der Waals surface area (Å²) in [5.41, 5.74) is 3.40. The fourth-order valence-corrected chi connectivity index (χ4v) is 5.23. The molecule has 2 aromatic heterocycles. The third-order valence-electron chi connectivity index (χ3n) is 5.87. The number of carbonyl (C=O) groups excluding carboxylic acids is 1. The van der Waals surface area contributed by atoms with Crippen molar-refractivity contribution in [2.75, 3.05) is 11.5 Å². The van der Waals surface area contributed by atoms with E-state index in [1.807, 2.05) is 40.7 Å². The predicted octanol–water partition coefficient (Wildman–Crippen LogP) is 4.91. The van der Waals surface area contributed by atoms with Crippen molar-refractivity contribution in [1.82, 2.24) is 9.97 Å². The van der Waals surface area contributed by atoms with Gasteiger partial charge in [0.25, 0.3) is 0 Å². The van der Waals surface area contributed by atoms with Crippen LogP contribution in [0.5, 0.6) is 5.75 Å². The molecular weight excluding hydrogens is 382 g/mol. The van der Waals surface area contributed by atoms with Crippen LogP contribution in [0.3, 0.4) is 0 Å². The molecular formula is C23H23N3O2S. The lowest BCUT2D eigenvalue weighted by molar-refractivity contribution is -0.119. The van der Waals surface area contributed by atoms with Crippen LogP contribution in [0, 0.1) is 0 Å². The van der Waals surface area contributed by atoms with Crippen molar-refractivity contribution in [2.45, 2.75) is 44.1 Å². The minimum Gasteiger partial charge on any atom is -0.493 e. The standard InChI is InChI=1S/C23H23N3O2S/c27-21(15-17-10-13-28-20-9-2-1-7-18(17)20)26(23-25-12-14-29-23)19-8-3-5-16-6-4-11-24-22(16)19/h1-2,4,6-7,9,11-12,14,17,19H,3,5,8,10,13,15H2/t17-,19-/m0/s1. The molecule has 5 rings (SSSR count). The van der Waals surface area contributed by atoms with Crippen molar-refractivity contribution < 1.29 is 9.53 Å². The smallest absolute Gasteiger partial charge is 0.230 e. The molecule has 0 N–H and O–H groups in total. The Labute approximate surface area is 174 Å². The van der Waals surface area contributed by atoms with Gasteiger partial charge in [-0.15, -0.1) is 11.3 Å². The minimum atomic E-state index is -0.0475. The van der Waals surface area contributed by atoms with E-state index in [1.165, 1.54) is 16.9 Å². The lowest BCUT2D eigenvalue weighted by Gasteiger charge is -2.35. The van der Waals surface area contributed by atoms with Crippen LogP contribution in [0.4, 0.5) is 5.13 Å². The van der Waals surface area contributed by atoms with Gasteiger partial charge in [-0.3, -0.25) is 14.7 Å². The number of amides is 1. The van der Waals surface area contributed by atoms with Crippen molar-refractivity contribution in [3.63, 3.8) is 0 Å². The van der Waals surface area contributed by atoms with E-state index in [0.29, 0.717) is 13.0 Å². The van der Waals surface area contributed by atoms with Gasteiger partial charge in [0.1, 0.15) is 5.75 Å². The topological polar surface area (TPSA) is 55.3 Å². The van der Waals surface area contributed by atoms with Crippen LogP contribution in [0.2, 0.25) is 0 Å². The van der Waals surface area contributed by atoms with Crippen molar-refractivity contribution in [1.29, 1.82) is 0 Å². The molecule has 2 aliphatic rings. The molecule has 0 saturated carbocycles. The van der Waals surface area contributed by atoms with Crippen molar-refractivity contribution >= 4 is 22.4 Å². The number of benzene rings is 1. The number of aryl methyl sites for hydroxylation is 1. The second kappa shape index (κ2) is 7.95. The van der Waals surface area contributed by atoms with Gasteiger partial charge in [-0.05, 0) is 54.9 Å². The number of nitrogens with zero attached hydrogens (tertiary/aromatic N) is 3. The number of fused-ring (bicyclic) bond motifs is 2. The number of para-hydroxylation sites is 1. The Hall–Kier alpha value is -2.73. The SMILES string of the molecule is O=C(C[C@@H]1CCOc2ccccc21)N(c1nccs1)[C@H]1CCCc2cccnc21. The van der Waals surface area contributed by atoms with Crippen LogP contribution in [0.1, 0.15) is 54.5 Å². The van der Waals surface area contributed by atoms with Gasteiger partial charge in [0, 0.05) is 24.2 Å². The van der Waals surface area contributed by atoms with E-state index in [-0.39, 0.29) is 17.9 Å². The number of aromatic nitrogens is 2. The number of hydrogen-bond donors (Lipinski definition) is 0. The summed E-state index contributed by atoms with van der Waals surface area (Å²) >= 11 is 1.52. The highest BCUT2D eigenvalue weighted by molar-refractivity contribution is 7.13. The molecule has 1 amide bonds. The Balaban J connectivity index is 1.47. The van der Waals surface area contributed by atoms with Crippen LogP contribution in [0.25, 0.3) is 0 Å². The molecule has 0 fully saturated rings. The van der Waals surface area contributed by atoms with Gasteiger partial charge in [-0.1, -0.05) is 24.3 Å². The van der Waals surface area contributed by atoms with Crippen molar-refractivity contribution in [3.8, 4) is 5.75 Å². The third-order valence-corrected chi connectivity index (χ3v) is 6.65. The van der Waals surface area contributed by atoms with Crippen LogP contribution >= 0.6 is 11.3 Å². The first kappa shape index (κ1) is 18.3. The van der Waals surface area contributed by atoms with E-state index < -0.39 is 0 Å². The molecule has 0 unspecified atom stereocenters. The number of thiazole rings is 1. The first-order chi connectivity index (χ1) is 14.3. The quantitative estimate of drug-likeness (QED) is 0.619. The molecule has 0 bridgehead atoms. The van der Waals surface area contributed by atoms with Crippen molar-refractivity contribution in [2.24, 2.45) is 0 Å². The van der Waals surface area contributed by atoms with Crippen LogP contribution in [-0.2, 0) is 11.2 Å². The lowest BCUT2D eigenvalue weighted by Crippen LogP contribution is -2.38. The average molecular weight is 406 g/mol. The minimum absolute atomic E-state index is 0.0475. The first-order valence-corrected chi connectivity index (χ1v) is 11.1. The van der Waals surface area contributed by atoms with Gasteiger partial charge in [0.2, 0.25) is 5.91 Å². The molecule has 148 valence electrons. The Bertz CT molecular complexity index is 1000. The molecule has 1 aliphatic heterocycles. The Morgan fingerprint density at radius 1 is 1.14 bits per heavy atom. The maximum Gasteiger partial charge on any atom is 0.230 e. The molecule has 0 radical (unpaired) electrons. The molecule has 3 heterocycles. The number of ether oxygens (including phenoxy) is 1. The van der Waals surface area contributed by atoms with Gasteiger partial charge < -0.3 is 4.74 Å². The normalized spacial score (nSPS) is 20.3. The summed E-state index contributed by atoms with van der Waals surface area (Å²) in [6, 6.07) is 12.1. The van der Waals surface area contributed by atoms with E-state index >= 15 is 0 Å². The average Bonchev–Trinajstić information content (AvgIpc) is 3.29. The van der Waals surface area contributed by atoms with Gasteiger partial charge in [-0.25, -0.2) is 4.98 Å². The fourth-order valence-electron chi connectivity index (χ4n) is 4.52. The molecule has 6 heteroatoms. The highest BCUT2D eigenvalue weighted by atomic mass is 32.1. The number of carbonyl (C=O) groups is 1. The van der Waals surface area contributed by atoms with Gasteiger partial charge in [-0.2, -0.15) is 0 Å². The summed E-state index contributed by atoms with van der Waals surface area (Å²) in [5, 5.41) is 2.69. The summed E-state index contributed by atoms with van der Waals surface area (Å²) in [6.45, 7) is 0.653. The third kappa shape index (κ3) is 3.53. The number of anilines is 1. The largest absolute Gasteiger partial charge is 0.493 e. The van der Waals surface area contributed by atoms with Gasteiger partial charge in [0.05, 0.1) is 18.3 Å². The summed E-state index contributed by atoms with van der Waals surface area (Å²) in [4.78, 5) is 24.7. The maximum absolute atomic E-state index is 13.7. The fraction of sp³-hybridized carbons (Fsp3) is 0.348. The first-order valence-electron chi connectivity index (χ1n) is 10.2. The van der Waals surface area contributed by atoms with E-state index in [1.54, 1.807) is 6.20 Å². The van der Waals surface area contributed by atoms with Crippen molar-refractivity contribution in [3.05, 3.63) is 71.0 Å². The van der Waals surface area contributed by atoms with Crippen LogP contribution < -0.4 is 9.64 Å². The maximum atomic E-state index is 13.7. The molecule has 5 nitrogen and oxygen atoms in total. The second-order valence-electron chi connectivity index (χ2n) is 7.61. The lowest BCUT2D eigenvalue weighted by atomic mass is 9.88. The highest BCUT2D eigenvalue weighted by Crippen LogP contribution is 2.40. The zero-order valence-electron chi connectivity index (χ0n) is 16.2. The molecule has 0 saturated heterocycles. The zero-order chi connectivity index (χ0) is 19.6. The number of rotatable bonds is 4. The summed E-state index contributed by atoms with van der Waals surface area (Å²) in [7, 11) is 0.